The van der Waals surface area contributed by atoms with E-state index in [0.29, 0.717) is 13.1 Å². The number of urea groups is 1. The molecule has 2 fully saturated rings. The van der Waals surface area contributed by atoms with E-state index in [2.05, 4.69) is 32.2 Å². The Kier molecular flexibility index (Phi) is 4.91. The number of hydrogen-bond acceptors (Lipinski definition) is 4. The van der Waals surface area contributed by atoms with Crippen molar-refractivity contribution >= 4 is 23.2 Å². The predicted molar refractivity (Wildman–Crippen MR) is 105 cm³/mol. The molecule has 6 nitrogen and oxygen atoms in total. The minimum absolute atomic E-state index is 0.0282. The molecule has 0 radical (unpaired) electrons. The van der Waals surface area contributed by atoms with Crippen molar-refractivity contribution in [2.75, 3.05) is 54.4 Å². The number of nitrogens with zero attached hydrogens (tertiary/aromatic N) is 4. The van der Waals surface area contributed by atoms with E-state index in [-0.39, 0.29) is 6.03 Å². The molecule has 0 aliphatic carbocycles. The molecule has 2 aliphatic heterocycles. The Balaban J connectivity index is 1.30. The van der Waals surface area contributed by atoms with Crippen LogP contribution in [0.1, 0.15) is 12.8 Å². The van der Waals surface area contributed by atoms with E-state index in [1.165, 1.54) is 18.5 Å². The first kappa shape index (κ1) is 16.7. The van der Waals surface area contributed by atoms with Crippen molar-refractivity contribution in [3.05, 3.63) is 48.7 Å². The van der Waals surface area contributed by atoms with E-state index in [1.807, 2.05) is 35.2 Å². The van der Waals surface area contributed by atoms with Crippen molar-refractivity contribution in [1.29, 1.82) is 0 Å². The van der Waals surface area contributed by atoms with Crippen LogP contribution < -0.4 is 15.1 Å². The number of nitrogens with one attached hydrogen (secondary N) is 1. The van der Waals surface area contributed by atoms with Gasteiger partial charge in [0, 0.05) is 56.8 Å². The third kappa shape index (κ3) is 3.74. The molecule has 136 valence electrons. The summed E-state index contributed by atoms with van der Waals surface area (Å²) in [5.74, 6) is 0.977. The molecule has 0 spiro atoms. The standard InChI is InChI=1S/C20H25N5O/c26-20(22-17-6-8-18(9-7-17)23-11-3-4-12-23)25-15-13-24(14-16-25)19-5-1-2-10-21-19/h1-2,5-10H,3-4,11-16H2,(H,22,26). The van der Waals surface area contributed by atoms with E-state index < -0.39 is 0 Å². The molecule has 0 unspecified atom stereocenters. The number of anilines is 3. The summed E-state index contributed by atoms with van der Waals surface area (Å²) in [5.41, 5.74) is 2.09. The van der Waals surface area contributed by atoms with Crippen molar-refractivity contribution in [2.24, 2.45) is 0 Å². The van der Waals surface area contributed by atoms with Gasteiger partial charge in [0.15, 0.2) is 0 Å². The lowest BCUT2D eigenvalue weighted by Crippen LogP contribution is -2.50. The van der Waals surface area contributed by atoms with Crippen LogP contribution in [0.15, 0.2) is 48.7 Å². The number of piperazine rings is 1. The van der Waals surface area contributed by atoms with Crippen LogP contribution in [0.5, 0.6) is 0 Å². The van der Waals surface area contributed by atoms with E-state index in [1.54, 1.807) is 6.20 Å². The molecule has 1 aromatic carbocycles. The monoisotopic (exact) mass is 351 g/mol. The molecule has 0 saturated carbocycles. The fourth-order valence-corrected chi connectivity index (χ4v) is 3.61. The first-order chi connectivity index (χ1) is 12.8. The quantitative estimate of drug-likeness (QED) is 0.923. The topological polar surface area (TPSA) is 51.7 Å². The van der Waals surface area contributed by atoms with Gasteiger partial charge in [-0.3, -0.25) is 0 Å². The fourth-order valence-electron chi connectivity index (χ4n) is 3.61. The van der Waals surface area contributed by atoms with Crippen LogP contribution in [0.25, 0.3) is 0 Å². The van der Waals surface area contributed by atoms with Gasteiger partial charge in [-0.05, 0) is 49.2 Å². The number of rotatable bonds is 3. The zero-order valence-corrected chi connectivity index (χ0v) is 15.0. The zero-order valence-electron chi connectivity index (χ0n) is 15.0. The second-order valence-corrected chi connectivity index (χ2v) is 6.83. The lowest BCUT2D eigenvalue weighted by Gasteiger charge is -2.35. The van der Waals surface area contributed by atoms with Crippen LogP contribution >= 0.6 is 0 Å². The smallest absolute Gasteiger partial charge is 0.321 e. The molecule has 4 rings (SSSR count). The molecule has 1 N–H and O–H groups in total. The van der Waals surface area contributed by atoms with E-state index in [9.17, 15) is 4.79 Å². The third-order valence-corrected chi connectivity index (χ3v) is 5.13. The summed E-state index contributed by atoms with van der Waals surface area (Å²) in [4.78, 5) is 23.4. The average Bonchev–Trinajstić information content (AvgIpc) is 3.24. The summed E-state index contributed by atoms with van der Waals surface area (Å²) >= 11 is 0. The lowest BCUT2D eigenvalue weighted by atomic mass is 10.2. The van der Waals surface area contributed by atoms with Crippen molar-refractivity contribution in [2.45, 2.75) is 12.8 Å². The van der Waals surface area contributed by atoms with Crippen LogP contribution in [0.4, 0.5) is 22.0 Å². The van der Waals surface area contributed by atoms with E-state index in [0.717, 1.165) is 37.7 Å². The molecule has 1 aromatic heterocycles. The van der Waals surface area contributed by atoms with Gasteiger partial charge in [0.05, 0.1) is 0 Å². The number of carbonyl (C=O) groups excluding carboxylic acids is 1. The number of amides is 2. The first-order valence-electron chi connectivity index (χ1n) is 9.36. The Hall–Kier alpha value is -2.76. The van der Waals surface area contributed by atoms with Crippen LogP contribution in [-0.4, -0.2) is 55.2 Å². The largest absolute Gasteiger partial charge is 0.372 e. The number of aromatic nitrogens is 1. The highest BCUT2D eigenvalue weighted by Crippen LogP contribution is 2.22. The molecular weight excluding hydrogens is 326 g/mol. The maximum Gasteiger partial charge on any atom is 0.321 e. The van der Waals surface area contributed by atoms with Gasteiger partial charge in [-0.1, -0.05) is 6.07 Å². The van der Waals surface area contributed by atoms with E-state index in [4.69, 9.17) is 0 Å². The highest BCUT2D eigenvalue weighted by atomic mass is 16.2. The Morgan fingerprint density at radius 3 is 2.23 bits per heavy atom. The summed E-state index contributed by atoms with van der Waals surface area (Å²) in [6.07, 6.45) is 4.34. The third-order valence-electron chi connectivity index (χ3n) is 5.13. The Labute approximate surface area is 154 Å². The van der Waals surface area contributed by atoms with Gasteiger partial charge in [-0.15, -0.1) is 0 Å². The minimum Gasteiger partial charge on any atom is -0.372 e. The Bertz CT molecular complexity index is 720. The number of carbonyl (C=O) groups is 1. The fraction of sp³-hybridized carbons (Fsp3) is 0.400. The van der Waals surface area contributed by atoms with Crippen molar-refractivity contribution in [3.8, 4) is 0 Å². The number of hydrogen-bond donors (Lipinski definition) is 1. The van der Waals surface area contributed by atoms with Gasteiger partial charge < -0.3 is 20.0 Å². The average molecular weight is 351 g/mol. The second kappa shape index (κ2) is 7.64. The summed E-state index contributed by atoms with van der Waals surface area (Å²) in [6.45, 7) is 5.28. The molecule has 2 aromatic rings. The van der Waals surface area contributed by atoms with Crippen molar-refractivity contribution in [1.82, 2.24) is 9.88 Å². The maximum absolute atomic E-state index is 12.5. The van der Waals surface area contributed by atoms with Gasteiger partial charge in [-0.2, -0.15) is 0 Å². The second-order valence-electron chi connectivity index (χ2n) is 6.83. The maximum atomic E-state index is 12.5. The highest BCUT2D eigenvalue weighted by molar-refractivity contribution is 5.89. The summed E-state index contributed by atoms with van der Waals surface area (Å²) in [7, 11) is 0. The lowest BCUT2D eigenvalue weighted by molar-refractivity contribution is 0.208. The summed E-state index contributed by atoms with van der Waals surface area (Å²) in [5, 5.41) is 3.02. The van der Waals surface area contributed by atoms with Crippen molar-refractivity contribution in [3.63, 3.8) is 0 Å². The first-order valence-corrected chi connectivity index (χ1v) is 9.36. The number of pyridine rings is 1. The summed E-state index contributed by atoms with van der Waals surface area (Å²) < 4.78 is 0. The number of benzene rings is 1. The minimum atomic E-state index is -0.0282. The normalized spacial score (nSPS) is 17.5. The SMILES string of the molecule is O=C(Nc1ccc(N2CCCC2)cc1)N1CCN(c2ccccn2)CC1. The van der Waals surface area contributed by atoms with E-state index >= 15 is 0 Å². The van der Waals surface area contributed by atoms with Gasteiger partial charge in [-0.25, -0.2) is 9.78 Å². The molecule has 0 atom stereocenters. The van der Waals surface area contributed by atoms with Crippen LogP contribution in [0.3, 0.4) is 0 Å². The molecule has 2 saturated heterocycles. The predicted octanol–water partition coefficient (Wildman–Crippen LogP) is 3.04. The molecule has 0 bridgehead atoms. The molecule has 26 heavy (non-hydrogen) atoms. The molecule has 6 heteroatoms. The summed E-state index contributed by atoms with van der Waals surface area (Å²) in [6, 6.07) is 14.1. The molecule has 2 aliphatic rings. The van der Waals surface area contributed by atoms with Gasteiger partial charge in [0.1, 0.15) is 5.82 Å². The molecular formula is C20H25N5O. The van der Waals surface area contributed by atoms with Gasteiger partial charge in [0.25, 0.3) is 0 Å². The van der Waals surface area contributed by atoms with Crippen LogP contribution in [0.2, 0.25) is 0 Å². The zero-order chi connectivity index (χ0) is 17.8. The molecule has 3 heterocycles. The Morgan fingerprint density at radius 2 is 1.58 bits per heavy atom. The molecule has 2 amide bonds. The van der Waals surface area contributed by atoms with Crippen LogP contribution in [-0.2, 0) is 0 Å². The van der Waals surface area contributed by atoms with Gasteiger partial charge in [0.2, 0.25) is 0 Å². The van der Waals surface area contributed by atoms with Crippen molar-refractivity contribution < 1.29 is 4.79 Å². The Morgan fingerprint density at radius 1 is 0.846 bits per heavy atom. The van der Waals surface area contributed by atoms with Gasteiger partial charge >= 0.3 is 6.03 Å². The van der Waals surface area contributed by atoms with Crippen LogP contribution in [0, 0.1) is 0 Å². The highest BCUT2D eigenvalue weighted by Gasteiger charge is 2.22.